The van der Waals surface area contributed by atoms with Crippen LogP contribution in [0.5, 0.6) is 0 Å². The van der Waals surface area contributed by atoms with Crippen molar-refractivity contribution in [2.24, 2.45) is 10.9 Å². The summed E-state index contributed by atoms with van der Waals surface area (Å²) in [6, 6.07) is 0. The number of aliphatic imine (C=N–C) groups is 1. The van der Waals surface area contributed by atoms with Gasteiger partial charge in [-0.2, -0.15) is 0 Å². The number of rotatable bonds is 0. The van der Waals surface area contributed by atoms with E-state index in [2.05, 4.69) is 10.3 Å². The number of carbonyl (C=O) groups excluding carboxylic acids is 1. The van der Waals surface area contributed by atoms with Crippen molar-refractivity contribution in [3.63, 3.8) is 0 Å². The van der Waals surface area contributed by atoms with Crippen molar-refractivity contribution in [3.05, 3.63) is 23.4 Å². The molecule has 1 atom stereocenters. The Morgan fingerprint density at radius 2 is 2.38 bits per heavy atom. The molecule has 0 radical (unpaired) electrons. The van der Waals surface area contributed by atoms with E-state index in [0.29, 0.717) is 5.92 Å². The van der Waals surface area contributed by atoms with E-state index in [0.717, 1.165) is 30.9 Å². The maximum Gasteiger partial charge on any atom is 0.202 e. The highest BCUT2D eigenvalue weighted by Gasteiger charge is 2.34. The topological polar surface area (TPSA) is 41.5 Å². The second-order valence-electron chi connectivity index (χ2n) is 3.62. The van der Waals surface area contributed by atoms with Crippen LogP contribution in [-0.2, 0) is 4.79 Å². The molecule has 0 aromatic carbocycles. The average molecular weight is 174 g/mol. The first-order chi connectivity index (χ1) is 6.36. The first-order valence-corrected chi connectivity index (χ1v) is 4.61. The third-order valence-corrected chi connectivity index (χ3v) is 2.88. The minimum atomic E-state index is 0.110. The third-order valence-electron chi connectivity index (χ3n) is 2.88. The molecular formula is C10H10N2O. The van der Waals surface area contributed by atoms with Crippen LogP contribution in [0.1, 0.15) is 6.42 Å². The molecule has 0 amide bonds. The lowest BCUT2D eigenvalue weighted by Gasteiger charge is -2.20. The zero-order valence-corrected chi connectivity index (χ0v) is 7.21. The molecule has 0 fully saturated rings. The van der Waals surface area contributed by atoms with E-state index in [1.165, 1.54) is 5.57 Å². The summed E-state index contributed by atoms with van der Waals surface area (Å²) in [6.45, 7) is 1.81. The Balaban J connectivity index is 2.19. The van der Waals surface area contributed by atoms with Crippen molar-refractivity contribution in [1.29, 1.82) is 0 Å². The second-order valence-corrected chi connectivity index (χ2v) is 3.62. The average Bonchev–Trinajstić information content (AvgIpc) is 2.57. The minimum absolute atomic E-state index is 0.110. The molecule has 0 aromatic rings. The molecule has 3 nitrogen and oxygen atoms in total. The van der Waals surface area contributed by atoms with Crippen LogP contribution in [0.4, 0.5) is 0 Å². The summed E-state index contributed by atoms with van der Waals surface area (Å²) in [5, 5.41) is 3.18. The van der Waals surface area contributed by atoms with Crippen LogP contribution < -0.4 is 5.32 Å². The number of nitrogens with one attached hydrogen (secondary N) is 1. The lowest BCUT2D eigenvalue weighted by Crippen LogP contribution is -2.21. The molecule has 2 aliphatic heterocycles. The van der Waals surface area contributed by atoms with Gasteiger partial charge in [-0.15, -0.1) is 0 Å². The number of ketones is 1. The predicted octanol–water partition coefficient (Wildman–Crippen LogP) is 0.444. The summed E-state index contributed by atoms with van der Waals surface area (Å²) in [5.41, 5.74) is 2.99. The summed E-state index contributed by atoms with van der Waals surface area (Å²) in [5.74, 6) is 0.634. The third kappa shape index (κ3) is 0.842. The number of allylic oxidation sites excluding steroid dienone is 2. The van der Waals surface area contributed by atoms with Crippen molar-refractivity contribution >= 4 is 11.5 Å². The SMILES string of the molecule is O=C1C=CC2=NCCC3CNC1=C23. The van der Waals surface area contributed by atoms with Crippen LogP contribution in [0.2, 0.25) is 0 Å². The maximum absolute atomic E-state index is 11.4. The monoisotopic (exact) mass is 174 g/mol. The first-order valence-electron chi connectivity index (χ1n) is 4.61. The van der Waals surface area contributed by atoms with Gasteiger partial charge in [-0.25, -0.2) is 0 Å². The van der Waals surface area contributed by atoms with Gasteiger partial charge in [0.2, 0.25) is 5.78 Å². The Labute approximate surface area is 76.2 Å². The molecule has 0 saturated heterocycles. The molecule has 3 rings (SSSR count). The Kier molecular flexibility index (Phi) is 1.26. The molecule has 0 saturated carbocycles. The van der Waals surface area contributed by atoms with Gasteiger partial charge in [0.05, 0.1) is 11.4 Å². The van der Waals surface area contributed by atoms with Gasteiger partial charge in [0.25, 0.3) is 0 Å². The molecule has 0 spiro atoms. The van der Waals surface area contributed by atoms with E-state index in [-0.39, 0.29) is 5.78 Å². The summed E-state index contributed by atoms with van der Waals surface area (Å²) in [7, 11) is 0. The van der Waals surface area contributed by atoms with Crippen molar-refractivity contribution in [3.8, 4) is 0 Å². The minimum Gasteiger partial charge on any atom is -0.381 e. The Hall–Kier alpha value is -1.38. The molecule has 2 heterocycles. The summed E-state index contributed by atoms with van der Waals surface area (Å²) in [4.78, 5) is 15.9. The Morgan fingerprint density at radius 3 is 3.31 bits per heavy atom. The molecular weight excluding hydrogens is 164 g/mol. The van der Waals surface area contributed by atoms with E-state index < -0.39 is 0 Å². The van der Waals surface area contributed by atoms with Crippen LogP contribution in [0.25, 0.3) is 0 Å². The highest BCUT2D eigenvalue weighted by molar-refractivity contribution is 6.22. The van der Waals surface area contributed by atoms with Gasteiger partial charge in [0.1, 0.15) is 0 Å². The van der Waals surface area contributed by atoms with Crippen LogP contribution in [0.15, 0.2) is 28.4 Å². The largest absolute Gasteiger partial charge is 0.381 e. The van der Waals surface area contributed by atoms with Crippen molar-refractivity contribution in [2.75, 3.05) is 13.1 Å². The highest BCUT2D eigenvalue weighted by Crippen LogP contribution is 2.31. The normalized spacial score (nSPS) is 30.0. The fraction of sp³-hybridized carbons (Fsp3) is 0.400. The van der Waals surface area contributed by atoms with Gasteiger partial charge in [-0.05, 0) is 18.6 Å². The van der Waals surface area contributed by atoms with E-state index in [1.54, 1.807) is 6.08 Å². The van der Waals surface area contributed by atoms with Gasteiger partial charge in [0, 0.05) is 24.6 Å². The smallest absolute Gasteiger partial charge is 0.202 e. The van der Waals surface area contributed by atoms with Gasteiger partial charge < -0.3 is 5.32 Å². The van der Waals surface area contributed by atoms with Gasteiger partial charge in [0.15, 0.2) is 0 Å². The number of hydrogen-bond acceptors (Lipinski definition) is 3. The van der Waals surface area contributed by atoms with Crippen molar-refractivity contribution in [1.82, 2.24) is 5.32 Å². The standard InChI is InChI=1S/C10H10N2O/c13-8-2-1-7-9-6(3-4-11-7)5-12-10(8)9/h1-2,6,12H,3-5H2. The maximum atomic E-state index is 11.4. The van der Waals surface area contributed by atoms with Crippen molar-refractivity contribution in [2.45, 2.75) is 6.42 Å². The molecule has 0 bridgehead atoms. The van der Waals surface area contributed by atoms with Gasteiger partial charge >= 0.3 is 0 Å². The van der Waals surface area contributed by atoms with E-state index in [4.69, 9.17) is 0 Å². The zero-order chi connectivity index (χ0) is 8.84. The Bertz CT molecular complexity index is 376. The highest BCUT2D eigenvalue weighted by atomic mass is 16.1. The second kappa shape index (κ2) is 2.31. The van der Waals surface area contributed by atoms with Crippen LogP contribution in [0.3, 0.4) is 0 Å². The quantitative estimate of drug-likeness (QED) is 0.541. The number of nitrogens with zero attached hydrogens (tertiary/aromatic N) is 1. The lowest BCUT2D eigenvalue weighted by molar-refractivity contribution is -0.111. The fourth-order valence-electron chi connectivity index (χ4n) is 2.24. The van der Waals surface area contributed by atoms with Crippen molar-refractivity contribution < 1.29 is 4.79 Å². The number of hydrogen-bond donors (Lipinski definition) is 1. The molecule has 1 N–H and O–H groups in total. The molecule has 1 unspecified atom stereocenters. The first kappa shape index (κ1) is 7.06. The van der Waals surface area contributed by atoms with E-state index >= 15 is 0 Å². The molecule has 1 aliphatic carbocycles. The summed E-state index contributed by atoms with van der Waals surface area (Å²) < 4.78 is 0. The Morgan fingerprint density at radius 1 is 1.46 bits per heavy atom. The summed E-state index contributed by atoms with van der Waals surface area (Å²) >= 11 is 0. The molecule has 0 aromatic heterocycles. The van der Waals surface area contributed by atoms with Gasteiger partial charge in [-0.1, -0.05) is 0 Å². The van der Waals surface area contributed by atoms with E-state index in [9.17, 15) is 4.79 Å². The van der Waals surface area contributed by atoms with Gasteiger partial charge in [-0.3, -0.25) is 9.79 Å². The van der Waals surface area contributed by atoms with Crippen LogP contribution in [0, 0.1) is 5.92 Å². The molecule has 66 valence electrons. The fourth-order valence-corrected chi connectivity index (χ4v) is 2.24. The lowest BCUT2D eigenvalue weighted by atomic mass is 9.87. The van der Waals surface area contributed by atoms with Crippen LogP contribution >= 0.6 is 0 Å². The number of carbonyl (C=O) groups is 1. The molecule has 3 heteroatoms. The van der Waals surface area contributed by atoms with Crippen LogP contribution in [-0.4, -0.2) is 24.6 Å². The predicted molar refractivity (Wildman–Crippen MR) is 49.6 cm³/mol. The summed E-state index contributed by atoms with van der Waals surface area (Å²) in [6.07, 6.45) is 4.54. The molecule has 3 aliphatic rings. The van der Waals surface area contributed by atoms with E-state index in [1.807, 2.05) is 6.08 Å². The zero-order valence-electron chi connectivity index (χ0n) is 7.21. The molecule has 13 heavy (non-hydrogen) atoms.